The number of hydrogen-bond donors (Lipinski definition) is 1. The van der Waals surface area contributed by atoms with Crippen LogP contribution in [0, 0.1) is 0 Å². The van der Waals surface area contributed by atoms with Crippen LogP contribution in [0.2, 0.25) is 0 Å². The van der Waals surface area contributed by atoms with Crippen molar-refractivity contribution in [3.05, 3.63) is 23.8 Å². The van der Waals surface area contributed by atoms with E-state index in [1.165, 1.54) is 0 Å². The minimum absolute atomic E-state index is 0.0249. The van der Waals surface area contributed by atoms with Gasteiger partial charge < -0.3 is 9.47 Å². The van der Waals surface area contributed by atoms with Gasteiger partial charge in [-0.1, -0.05) is 0 Å². The van der Waals surface area contributed by atoms with Crippen molar-refractivity contribution in [3.8, 4) is 11.5 Å². The number of rotatable bonds is 6. The third kappa shape index (κ3) is 4.58. The molecule has 1 aromatic carbocycles. The van der Waals surface area contributed by atoms with Crippen LogP contribution < -0.4 is 14.9 Å². The normalized spacial score (nSPS) is 16.7. The highest BCUT2D eigenvalue weighted by Gasteiger charge is 2.32. The highest BCUT2D eigenvalue weighted by molar-refractivity contribution is 8.21. The van der Waals surface area contributed by atoms with Gasteiger partial charge >= 0.3 is 0 Å². The summed E-state index contributed by atoms with van der Waals surface area (Å²) in [5, 5.41) is 4.01. The highest BCUT2D eigenvalue weighted by atomic mass is 32.2. The first-order valence-corrected chi connectivity index (χ1v) is 8.85. The van der Waals surface area contributed by atoms with Gasteiger partial charge in [-0.2, -0.15) is 5.10 Å². The van der Waals surface area contributed by atoms with E-state index in [0.717, 1.165) is 17.1 Å². The Bertz CT molecular complexity index is 558. The molecule has 0 bridgehead atoms. The molecule has 0 saturated carbocycles. The molecule has 1 N–H and O–H groups in total. The molecule has 1 aliphatic heterocycles. The summed E-state index contributed by atoms with van der Waals surface area (Å²) in [6.45, 7) is 2.10. The Balaban J connectivity index is 1.90. The third-order valence-corrected chi connectivity index (χ3v) is 6.48. The molecule has 0 unspecified atom stereocenters. The van der Waals surface area contributed by atoms with Crippen LogP contribution in [0.15, 0.2) is 23.3 Å². The molecule has 0 radical (unpaired) electrons. The second-order valence-electron chi connectivity index (χ2n) is 4.92. The summed E-state index contributed by atoms with van der Waals surface area (Å²) < 4.78 is 10.4. The number of carbonyl (C=O) groups excluding carboxylic acids is 1. The Labute approximate surface area is 139 Å². The second kappa shape index (κ2) is 7.78. The Kier molecular flexibility index (Phi) is 6.02. The van der Waals surface area contributed by atoms with Crippen molar-refractivity contribution in [2.24, 2.45) is 5.10 Å². The maximum Gasteiger partial charge on any atom is 0.242 e. The number of thioether (sulfide) groups is 2. The lowest BCUT2D eigenvalue weighted by Crippen LogP contribution is -2.26. The fourth-order valence-electron chi connectivity index (χ4n) is 2.10. The number of ether oxygens (including phenoxy) is 2. The van der Waals surface area contributed by atoms with Gasteiger partial charge in [0, 0.05) is 11.5 Å². The van der Waals surface area contributed by atoms with E-state index in [-0.39, 0.29) is 9.99 Å². The lowest BCUT2D eigenvalue weighted by atomic mass is 10.2. The quantitative estimate of drug-likeness (QED) is 0.637. The zero-order valence-electron chi connectivity index (χ0n) is 12.9. The minimum atomic E-state index is -0.0684. The van der Waals surface area contributed by atoms with Gasteiger partial charge in [-0.15, -0.1) is 23.5 Å². The minimum Gasteiger partial charge on any atom is -0.493 e. The maximum atomic E-state index is 11.9. The number of hydrogen-bond acceptors (Lipinski definition) is 6. The Morgan fingerprint density at radius 3 is 2.64 bits per heavy atom. The number of amides is 1. The fourth-order valence-corrected chi connectivity index (χ4v) is 4.93. The molecule has 1 amide bonds. The summed E-state index contributed by atoms with van der Waals surface area (Å²) in [4.78, 5) is 11.9. The van der Waals surface area contributed by atoms with Crippen molar-refractivity contribution in [1.29, 1.82) is 0 Å². The summed E-state index contributed by atoms with van der Waals surface area (Å²) in [5.41, 5.74) is 3.41. The topological polar surface area (TPSA) is 59.9 Å². The summed E-state index contributed by atoms with van der Waals surface area (Å²) >= 11 is 3.66. The van der Waals surface area contributed by atoms with Gasteiger partial charge in [0.2, 0.25) is 5.91 Å². The van der Waals surface area contributed by atoms with E-state index < -0.39 is 0 Å². The molecule has 0 aromatic heterocycles. The predicted octanol–water partition coefficient (Wildman–Crippen LogP) is 2.74. The Morgan fingerprint density at radius 2 is 2.00 bits per heavy atom. The summed E-state index contributed by atoms with van der Waals surface area (Å²) in [6, 6.07) is 5.45. The smallest absolute Gasteiger partial charge is 0.242 e. The number of methoxy groups -OCH3 is 2. The molecule has 5 nitrogen and oxygen atoms in total. The maximum absolute atomic E-state index is 11.9. The van der Waals surface area contributed by atoms with Gasteiger partial charge in [0.1, 0.15) is 0 Å². The first-order valence-electron chi connectivity index (χ1n) is 6.88. The first-order chi connectivity index (χ1) is 10.6. The molecule has 1 saturated heterocycles. The zero-order chi connectivity index (χ0) is 16.0. The number of hydrazone groups is 1. The number of carbonyl (C=O) groups is 1. The molecule has 1 fully saturated rings. The molecule has 0 aliphatic carbocycles. The largest absolute Gasteiger partial charge is 0.493 e. The van der Waals surface area contributed by atoms with Gasteiger partial charge in [0.15, 0.2) is 11.5 Å². The molecule has 0 spiro atoms. The van der Waals surface area contributed by atoms with Crippen molar-refractivity contribution in [1.82, 2.24) is 5.43 Å². The van der Waals surface area contributed by atoms with Crippen LogP contribution in [0.5, 0.6) is 11.5 Å². The number of benzene rings is 1. The van der Waals surface area contributed by atoms with Crippen LogP contribution >= 0.6 is 23.5 Å². The fraction of sp³-hybridized carbons (Fsp3) is 0.467. The van der Waals surface area contributed by atoms with Crippen molar-refractivity contribution < 1.29 is 14.3 Å². The molecule has 1 aromatic rings. The number of nitrogens with zero attached hydrogens (tertiary/aromatic N) is 1. The van der Waals surface area contributed by atoms with Gasteiger partial charge in [-0.3, -0.25) is 4.79 Å². The lowest BCUT2D eigenvalue weighted by Gasteiger charge is -2.19. The molecule has 1 aliphatic rings. The average Bonchev–Trinajstić information content (AvgIpc) is 2.93. The van der Waals surface area contributed by atoms with Crippen molar-refractivity contribution in [2.75, 3.05) is 25.7 Å². The van der Waals surface area contributed by atoms with Gasteiger partial charge in [0.25, 0.3) is 0 Å². The molecule has 2 rings (SSSR count). The molecular weight excluding hydrogens is 320 g/mol. The van der Waals surface area contributed by atoms with Gasteiger partial charge in [0.05, 0.1) is 30.9 Å². The van der Waals surface area contributed by atoms with Crippen LogP contribution in [0.25, 0.3) is 0 Å². The molecule has 0 atom stereocenters. The number of nitrogens with one attached hydrogen (secondary N) is 1. The van der Waals surface area contributed by atoms with E-state index in [4.69, 9.17) is 9.47 Å². The second-order valence-corrected chi connectivity index (χ2v) is 8.37. The van der Waals surface area contributed by atoms with Crippen LogP contribution in [0.1, 0.15) is 18.9 Å². The molecule has 22 heavy (non-hydrogen) atoms. The van der Waals surface area contributed by atoms with E-state index >= 15 is 0 Å². The van der Waals surface area contributed by atoms with Gasteiger partial charge in [-0.25, -0.2) is 5.43 Å². The Morgan fingerprint density at radius 1 is 1.32 bits per heavy atom. The van der Waals surface area contributed by atoms with Crippen LogP contribution in [-0.2, 0) is 4.79 Å². The van der Waals surface area contributed by atoms with Crippen LogP contribution in [0.3, 0.4) is 0 Å². The van der Waals surface area contributed by atoms with Crippen LogP contribution in [0.4, 0.5) is 0 Å². The first kappa shape index (κ1) is 17.0. The predicted molar refractivity (Wildman–Crippen MR) is 93.2 cm³/mol. The standard InChI is InChI=1S/C15H20N2O3S2/c1-15(21-6-7-22-15)9-14(18)17-16-10-11-4-5-12(19-2)13(8-11)20-3/h4-5,8,10H,6-7,9H2,1-3H3,(H,17,18)/b16-10-. The van der Waals surface area contributed by atoms with E-state index in [0.29, 0.717) is 17.9 Å². The Hall–Kier alpha value is -1.34. The monoisotopic (exact) mass is 340 g/mol. The van der Waals surface area contributed by atoms with Crippen molar-refractivity contribution in [3.63, 3.8) is 0 Å². The van der Waals surface area contributed by atoms with Crippen molar-refractivity contribution in [2.45, 2.75) is 17.4 Å². The van der Waals surface area contributed by atoms with E-state index in [2.05, 4.69) is 17.5 Å². The molecule has 1 heterocycles. The van der Waals surface area contributed by atoms with Crippen molar-refractivity contribution >= 4 is 35.6 Å². The van der Waals surface area contributed by atoms with E-state index in [1.807, 2.05) is 29.6 Å². The molecular formula is C15H20N2O3S2. The highest BCUT2D eigenvalue weighted by Crippen LogP contribution is 2.45. The van der Waals surface area contributed by atoms with Crippen LogP contribution in [-0.4, -0.2) is 41.9 Å². The lowest BCUT2D eigenvalue weighted by molar-refractivity contribution is -0.121. The summed E-state index contributed by atoms with van der Waals surface area (Å²) in [6.07, 6.45) is 2.06. The average molecular weight is 340 g/mol. The SMILES string of the molecule is COc1ccc(/C=N\NC(=O)CC2(C)SCCS2)cc1OC. The molecule has 7 heteroatoms. The summed E-state index contributed by atoms with van der Waals surface area (Å²) in [5.74, 6) is 3.42. The third-order valence-electron chi connectivity index (χ3n) is 3.19. The van der Waals surface area contributed by atoms with Gasteiger partial charge in [-0.05, 0) is 30.7 Å². The van der Waals surface area contributed by atoms with E-state index in [9.17, 15) is 4.79 Å². The molecule has 120 valence electrons. The zero-order valence-corrected chi connectivity index (χ0v) is 14.6. The van der Waals surface area contributed by atoms with E-state index in [1.54, 1.807) is 32.6 Å². The summed E-state index contributed by atoms with van der Waals surface area (Å²) in [7, 11) is 3.17.